The number of methoxy groups -OCH3 is 1. The van der Waals surface area contributed by atoms with E-state index in [1.807, 2.05) is 0 Å². The largest absolute Gasteiger partial charge is 0.504 e. The van der Waals surface area contributed by atoms with Crippen molar-refractivity contribution in [3.05, 3.63) is 58.8 Å². The minimum absolute atomic E-state index is 0.0136. The number of hydrogen-bond acceptors (Lipinski definition) is 5. The standard InChI is InChI=1S/C17H12FNO3S2/c1-22-14-7-2-10(8-13(14)20)9-15-16(21)19(17(23)24-15)12-5-3-11(18)4-6-12/h2-9,20H,1H3. The lowest BCUT2D eigenvalue weighted by molar-refractivity contribution is -0.113. The number of rotatable bonds is 3. The van der Waals surface area contributed by atoms with Gasteiger partial charge in [-0.1, -0.05) is 30.0 Å². The molecule has 2 aromatic carbocycles. The Bertz CT molecular complexity index is 849. The number of aromatic hydroxyl groups is 1. The number of nitrogens with zero attached hydrogens (tertiary/aromatic N) is 1. The van der Waals surface area contributed by atoms with Crippen LogP contribution in [0.1, 0.15) is 5.56 Å². The molecule has 0 aliphatic carbocycles. The molecule has 1 aliphatic rings. The molecule has 4 nitrogen and oxygen atoms in total. The third kappa shape index (κ3) is 3.13. The summed E-state index contributed by atoms with van der Waals surface area (Å²) in [5, 5.41) is 9.82. The topological polar surface area (TPSA) is 49.8 Å². The van der Waals surface area contributed by atoms with Gasteiger partial charge in [0.05, 0.1) is 17.7 Å². The predicted octanol–water partition coefficient (Wildman–Crippen LogP) is 3.95. The zero-order valence-electron chi connectivity index (χ0n) is 12.5. The number of amides is 1. The lowest BCUT2D eigenvalue weighted by Crippen LogP contribution is -2.27. The minimum atomic E-state index is -0.381. The summed E-state index contributed by atoms with van der Waals surface area (Å²) in [6.45, 7) is 0. The first-order valence-corrected chi connectivity index (χ1v) is 8.12. The fourth-order valence-corrected chi connectivity index (χ4v) is 3.53. The Labute approximate surface area is 147 Å². The quantitative estimate of drug-likeness (QED) is 0.663. The summed E-state index contributed by atoms with van der Waals surface area (Å²) in [6.07, 6.45) is 1.64. The first kappa shape index (κ1) is 16.5. The molecular formula is C17H12FNO3S2. The molecular weight excluding hydrogens is 349 g/mol. The molecule has 0 bridgehead atoms. The van der Waals surface area contributed by atoms with Gasteiger partial charge in [-0.05, 0) is 48.0 Å². The van der Waals surface area contributed by atoms with Crippen LogP contribution in [0.2, 0.25) is 0 Å². The zero-order chi connectivity index (χ0) is 17.3. The molecule has 0 unspecified atom stereocenters. The number of carbonyl (C=O) groups is 1. The normalized spacial score (nSPS) is 16.1. The Morgan fingerprint density at radius 3 is 2.58 bits per heavy atom. The molecule has 3 rings (SSSR count). The third-order valence-electron chi connectivity index (χ3n) is 3.38. The van der Waals surface area contributed by atoms with Gasteiger partial charge in [0.25, 0.3) is 5.91 Å². The van der Waals surface area contributed by atoms with Crippen LogP contribution in [-0.4, -0.2) is 22.4 Å². The van der Waals surface area contributed by atoms with Gasteiger partial charge in [0.15, 0.2) is 15.8 Å². The number of halogens is 1. The summed E-state index contributed by atoms with van der Waals surface area (Å²) >= 11 is 6.41. The van der Waals surface area contributed by atoms with E-state index in [2.05, 4.69) is 0 Å². The molecule has 1 saturated heterocycles. The van der Waals surface area contributed by atoms with Gasteiger partial charge in [-0.25, -0.2) is 4.39 Å². The van der Waals surface area contributed by atoms with Gasteiger partial charge in [0, 0.05) is 0 Å². The van der Waals surface area contributed by atoms with Gasteiger partial charge < -0.3 is 9.84 Å². The highest BCUT2D eigenvalue weighted by Crippen LogP contribution is 2.37. The third-order valence-corrected chi connectivity index (χ3v) is 4.68. The predicted molar refractivity (Wildman–Crippen MR) is 96.7 cm³/mol. The molecule has 7 heteroatoms. The first-order chi connectivity index (χ1) is 11.5. The molecule has 24 heavy (non-hydrogen) atoms. The van der Waals surface area contributed by atoms with Crippen LogP contribution in [0.3, 0.4) is 0 Å². The number of thiocarbonyl (C=S) groups is 1. The maximum atomic E-state index is 13.0. The highest BCUT2D eigenvalue weighted by atomic mass is 32.2. The van der Waals surface area contributed by atoms with Gasteiger partial charge >= 0.3 is 0 Å². The first-order valence-electron chi connectivity index (χ1n) is 6.90. The number of phenols is 1. The number of anilines is 1. The molecule has 0 saturated carbocycles. The van der Waals surface area contributed by atoms with Crippen molar-refractivity contribution in [1.82, 2.24) is 0 Å². The second-order valence-electron chi connectivity index (χ2n) is 4.92. The Morgan fingerprint density at radius 2 is 1.96 bits per heavy atom. The molecule has 0 atom stereocenters. The Morgan fingerprint density at radius 1 is 1.25 bits per heavy atom. The number of thioether (sulfide) groups is 1. The van der Waals surface area contributed by atoms with Gasteiger partial charge in [0.1, 0.15) is 5.82 Å². The number of carbonyl (C=O) groups excluding carboxylic acids is 1. The molecule has 1 heterocycles. The molecule has 1 fully saturated rings. The molecule has 122 valence electrons. The van der Waals surface area contributed by atoms with E-state index in [1.165, 1.54) is 42.3 Å². The van der Waals surface area contributed by atoms with E-state index in [0.29, 0.717) is 26.2 Å². The van der Waals surface area contributed by atoms with E-state index in [1.54, 1.807) is 18.2 Å². The van der Waals surface area contributed by atoms with Crippen LogP contribution in [-0.2, 0) is 4.79 Å². The van der Waals surface area contributed by atoms with Crippen LogP contribution in [0.15, 0.2) is 47.4 Å². The van der Waals surface area contributed by atoms with E-state index in [0.717, 1.165) is 11.8 Å². The Hall–Kier alpha value is -2.38. The van der Waals surface area contributed by atoms with E-state index in [-0.39, 0.29) is 17.5 Å². The molecule has 0 spiro atoms. The van der Waals surface area contributed by atoms with Gasteiger partial charge in [0.2, 0.25) is 0 Å². The second kappa shape index (κ2) is 6.62. The molecule has 1 amide bonds. The summed E-state index contributed by atoms with van der Waals surface area (Å²) < 4.78 is 18.4. The van der Waals surface area contributed by atoms with Crippen LogP contribution < -0.4 is 9.64 Å². The van der Waals surface area contributed by atoms with Crippen molar-refractivity contribution in [3.63, 3.8) is 0 Å². The highest BCUT2D eigenvalue weighted by Gasteiger charge is 2.33. The summed E-state index contributed by atoms with van der Waals surface area (Å²) in [7, 11) is 1.46. The Kier molecular flexibility index (Phi) is 4.55. The summed E-state index contributed by atoms with van der Waals surface area (Å²) in [4.78, 5) is 14.4. The number of phenolic OH excluding ortho intramolecular Hbond substituents is 1. The maximum absolute atomic E-state index is 13.0. The van der Waals surface area contributed by atoms with Crippen molar-refractivity contribution < 1.29 is 19.0 Å². The second-order valence-corrected chi connectivity index (χ2v) is 6.60. The maximum Gasteiger partial charge on any atom is 0.270 e. The molecule has 0 radical (unpaired) electrons. The SMILES string of the molecule is COc1ccc(C=C2SC(=S)N(c3ccc(F)cc3)C2=O)cc1O. The van der Waals surface area contributed by atoms with Crippen molar-refractivity contribution in [3.8, 4) is 11.5 Å². The summed E-state index contributed by atoms with van der Waals surface area (Å²) in [6, 6.07) is 10.4. The fraction of sp³-hybridized carbons (Fsp3) is 0.0588. The van der Waals surface area contributed by atoms with Crippen molar-refractivity contribution in [2.24, 2.45) is 0 Å². The molecule has 1 N–H and O–H groups in total. The van der Waals surface area contributed by atoms with Gasteiger partial charge in [-0.15, -0.1) is 0 Å². The van der Waals surface area contributed by atoms with E-state index in [4.69, 9.17) is 17.0 Å². The minimum Gasteiger partial charge on any atom is -0.504 e. The van der Waals surface area contributed by atoms with E-state index < -0.39 is 0 Å². The van der Waals surface area contributed by atoms with Crippen LogP contribution in [0.4, 0.5) is 10.1 Å². The average molecular weight is 361 g/mol. The number of hydrogen-bond donors (Lipinski definition) is 1. The van der Waals surface area contributed by atoms with E-state index in [9.17, 15) is 14.3 Å². The van der Waals surface area contributed by atoms with Crippen molar-refractivity contribution >= 4 is 46.0 Å². The lowest BCUT2D eigenvalue weighted by Gasteiger charge is -2.14. The number of benzene rings is 2. The summed E-state index contributed by atoms with van der Waals surface area (Å²) in [5.74, 6) is -0.327. The Balaban J connectivity index is 1.90. The zero-order valence-corrected chi connectivity index (χ0v) is 14.2. The molecule has 2 aromatic rings. The van der Waals surface area contributed by atoms with Crippen molar-refractivity contribution in [2.45, 2.75) is 0 Å². The monoisotopic (exact) mass is 361 g/mol. The smallest absolute Gasteiger partial charge is 0.270 e. The van der Waals surface area contributed by atoms with Crippen LogP contribution in [0, 0.1) is 5.82 Å². The van der Waals surface area contributed by atoms with Crippen molar-refractivity contribution in [2.75, 3.05) is 12.0 Å². The van der Waals surface area contributed by atoms with Crippen LogP contribution >= 0.6 is 24.0 Å². The number of ether oxygens (including phenoxy) is 1. The fourth-order valence-electron chi connectivity index (χ4n) is 2.23. The van der Waals surface area contributed by atoms with Crippen molar-refractivity contribution in [1.29, 1.82) is 0 Å². The van der Waals surface area contributed by atoms with Crippen LogP contribution in [0.25, 0.3) is 6.08 Å². The summed E-state index contributed by atoms with van der Waals surface area (Å²) in [5.41, 5.74) is 1.16. The van der Waals surface area contributed by atoms with E-state index >= 15 is 0 Å². The van der Waals surface area contributed by atoms with Gasteiger partial charge in [-0.2, -0.15) is 0 Å². The average Bonchev–Trinajstić information content (AvgIpc) is 2.83. The van der Waals surface area contributed by atoms with Gasteiger partial charge in [-0.3, -0.25) is 9.69 Å². The molecule has 1 aliphatic heterocycles. The lowest BCUT2D eigenvalue weighted by atomic mass is 10.2. The molecule has 0 aromatic heterocycles. The van der Waals surface area contributed by atoms with Crippen LogP contribution in [0.5, 0.6) is 11.5 Å². The highest BCUT2D eigenvalue weighted by molar-refractivity contribution is 8.27.